The predicted molar refractivity (Wildman–Crippen MR) is 215 cm³/mol. The molecule has 0 aromatic heterocycles. The number of nitrogens with zero attached hydrogens (tertiary/aromatic N) is 2. The second kappa shape index (κ2) is 18.3. The molecule has 3 aliphatic heterocycles. The smallest absolute Gasteiger partial charge is 0.289 e. The second-order valence-corrected chi connectivity index (χ2v) is 17.5. The van der Waals surface area contributed by atoms with Crippen molar-refractivity contribution in [3.8, 4) is 11.5 Å². The monoisotopic (exact) mass is 805 g/mol. The van der Waals surface area contributed by atoms with E-state index in [1.165, 1.54) is 11.3 Å². The Bertz CT molecular complexity index is 1860. The van der Waals surface area contributed by atoms with E-state index >= 15 is 0 Å². The van der Waals surface area contributed by atoms with E-state index in [2.05, 4.69) is 21.1 Å². The molecule has 3 heterocycles. The minimum Gasteiger partial charge on any atom is -0.454 e. The number of amides is 4. The van der Waals surface area contributed by atoms with Crippen molar-refractivity contribution in [3.05, 3.63) is 58.6 Å². The van der Waals surface area contributed by atoms with Gasteiger partial charge >= 0.3 is 0 Å². The highest BCUT2D eigenvalue weighted by atomic mass is 35.5. The van der Waals surface area contributed by atoms with Crippen LogP contribution in [-0.2, 0) is 35.2 Å². The summed E-state index contributed by atoms with van der Waals surface area (Å²) in [5.74, 6) is -1.21. The number of oxime groups is 1. The highest BCUT2D eigenvalue weighted by molar-refractivity contribution is 6.38. The summed E-state index contributed by atoms with van der Waals surface area (Å²) in [5.41, 5.74) is 0.555. The zero-order valence-electron chi connectivity index (χ0n) is 33.5. The van der Waals surface area contributed by atoms with Gasteiger partial charge in [-0.3, -0.25) is 24.0 Å². The largest absolute Gasteiger partial charge is 0.454 e. The topological polar surface area (TPSA) is 165 Å². The number of hydrogen-bond acceptors (Lipinski definition) is 9. The molecule has 4 amide bonds. The molecule has 4 atom stereocenters. The van der Waals surface area contributed by atoms with Crippen molar-refractivity contribution < 1.29 is 38.3 Å². The molecule has 6 rings (SSSR count). The number of likely N-dealkylation sites (tertiary alicyclic amines) is 1. The molecule has 13 nitrogen and oxygen atoms in total. The van der Waals surface area contributed by atoms with E-state index in [0.29, 0.717) is 47.9 Å². The van der Waals surface area contributed by atoms with E-state index in [9.17, 15) is 24.0 Å². The Morgan fingerprint density at radius 3 is 2.51 bits per heavy atom. The fraction of sp³-hybridized carbons (Fsp3) is 0.581. The van der Waals surface area contributed by atoms with Crippen LogP contribution in [0.5, 0.6) is 11.5 Å². The van der Waals surface area contributed by atoms with E-state index in [1.807, 2.05) is 52.0 Å². The van der Waals surface area contributed by atoms with Crippen LogP contribution in [0.3, 0.4) is 0 Å². The average molecular weight is 806 g/mol. The number of carbonyl (C=O) groups is 5. The number of benzene rings is 2. The summed E-state index contributed by atoms with van der Waals surface area (Å²) < 4.78 is 10.8. The van der Waals surface area contributed by atoms with Crippen LogP contribution in [0.15, 0.2) is 47.6 Å². The Balaban J connectivity index is 1.18. The minimum absolute atomic E-state index is 0.0243. The molecule has 3 N–H and O–H groups in total. The molecule has 1 saturated heterocycles. The molecule has 1 spiro atoms. The first-order valence-electron chi connectivity index (χ1n) is 20.4. The van der Waals surface area contributed by atoms with Gasteiger partial charge in [0.2, 0.25) is 30.3 Å². The lowest BCUT2D eigenvalue weighted by Gasteiger charge is -2.36. The lowest BCUT2D eigenvalue weighted by molar-refractivity contribution is -0.145. The molecule has 14 heteroatoms. The van der Waals surface area contributed by atoms with E-state index in [1.54, 1.807) is 18.2 Å². The van der Waals surface area contributed by atoms with Crippen molar-refractivity contribution in [2.75, 3.05) is 19.9 Å². The molecule has 1 aliphatic carbocycles. The highest BCUT2D eigenvalue weighted by Crippen LogP contribution is 2.40. The maximum Gasteiger partial charge on any atom is 0.289 e. The van der Waals surface area contributed by atoms with Crippen molar-refractivity contribution in [2.24, 2.45) is 16.5 Å². The van der Waals surface area contributed by atoms with Gasteiger partial charge in [-0.1, -0.05) is 94.8 Å². The Hall–Kier alpha value is -4.65. The molecule has 0 radical (unpaired) electrons. The molecule has 4 aliphatic rings. The number of ketones is 1. The zero-order valence-corrected chi connectivity index (χ0v) is 34.3. The molecule has 1 saturated carbocycles. The van der Waals surface area contributed by atoms with Gasteiger partial charge in [0, 0.05) is 36.4 Å². The van der Waals surface area contributed by atoms with Crippen molar-refractivity contribution in [1.82, 2.24) is 20.9 Å². The third kappa shape index (κ3) is 10.5. The fourth-order valence-electron chi connectivity index (χ4n) is 8.25. The molecular formula is C43H56ClN5O8. The van der Waals surface area contributed by atoms with E-state index in [0.717, 1.165) is 43.2 Å². The molecule has 2 aromatic rings. The summed E-state index contributed by atoms with van der Waals surface area (Å²) in [4.78, 5) is 77.1. The summed E-state index contributed by atoms with van der Waals surface area (Å²) in [6, 6.07) is 9.62. The summed E-state index contributed by atoms with van der Waals surface area (Å²) in [5, 5.41) is 13.5. The van der Waals surface area contributed by atoms with Crippen LogP contribution in [0.4, 0.5) is 0 Å². The van der Waals surface area contributed by atoms with Gasteiger partial charge in [-0.25, -0.2) is 0 Å². The van der Waals surface area contributed by atoms with Gasteiger partial charge in [0.15, 0.2) is 17.1 Å². The lowest BCUT2D eigenvalue weighted by Crippen LogP contribution is -2.59. The number of hydrogen-bond donors (Lipinski definition) is 3. The summed E-state index contributed by atoms with van der Waals surface area (Å²) in [7, 11) is 0. The van der Waals surface area contributed by atoms with Crippen molar-refractivity contribution >= 4 is 46.7 Å². The summed E-state index contributed by atoms with van der Waals surface area (Å²) in [6.07, 6.45) is 8.06. The van der Waals surface area contributed by atoms with E-state index < -0.39 is 52.6 Å². The van der Waals surface area contributed by atoms with Gasteiger partial charge in [-0.15, -0.1) is 0 Å². The maximum absolute atomic E-state index is 14.7. The number of nitrogens with one attached hydrogen (secondary N) is 3. The third-order valence-corrected chi connectivity index (χ3v) is 11.7. The Labute approximate surface area is 339 Å². The Kier molecular flexibility index (Phi) is 13.5. The number of Topliss-reactive ketones (excluding diaryl/α,β-unsaturated/α-hetero) is 1. The molecule has 0 unspecified atom stereocenters. The summed E-state index contributed by atoms with van der Waals surface area (Å²) in [6.45, 7) is 7.98. The van der Waals surface area contributed by atoms with Gasteiger partial charge in [0.1, 0.15) is 12.1 Å². The van der Waals surface area contributed by atoms with Gasteiger partial charge in [0.05, 0.1) is 18.3 Å². The minimum atomic E-state index is -1.12. The van der Waals surface area contributed by atoms with Crippen LogP contribution in [0.2, 0.25) is 5.02 Å². The van der Waals surface area contributed by atoms with Crippen molar-refractivity contribution in [2.45, 2.75) is 128 Å². The number of fused-ring (bicyclic) bond motifs is 1. The number of halogens is 1. The number of unbranched alkanes of at least 4 members (excludes halogenated alkanes) is 1. The first-order valence-corrected chi connectivity index (χ1v) is 20.7. The van der Waals surface area contributed by atoms with Gasteiger partial charge < -0.3 is 35.2 Å². The number of carbonyl (C=O) groups excluding carboxylic acids is 5. The molecule has 57 heavy (non-hydrogen) atoms. The van der Waals surface area contributed by atoms with Gasteiger partial charge in [0.25, 0.3) is 5.91 Å². The SMILES string of the molecule is CCCC[C@H](NC(=O)[C@@H]1C[C@]2(CC(c3cccc(Cl)c3)=NO2)CN1C(=O)[C@@H](NC(=O)CC1CCCCC1)C(C)(C)C)C(=O)C(=O)NCCc1ccc2c(c1)OCO2. The molecule has 2 fully saturated rings. The van der Waals surface area contributed by atoms with Crippen LogP contribution in [0, 0.1) is 11.3 Å². The highest BCUT2D eigenvalue weighted by Gasteiger charge is 2.55. The number of ether oxygens (including phenoxy) is 2. The number of rotatable bonds is 15. The zero-order chi connectivity index (χ0) is 40.7. The Morgan fingerprint density at radius 1 is 1.00 bits per heavy atom. The molecule has 2 aromatic carbocycles. The van der Waals surface area contributed by atoms with Crippen LogP contribution in [0.25, 0.3) is 0 Å². The second-order valence-electron chi connectivity index (χ2n) is 17.0. The normalized spacial score (nSPS) is 21.4. The lowest BCUT2D eigenvalue weighted by atomic mass is 9.84. The van der Waals surface area contributed by atoms with Crippen LogP contribution in [-0.4, -0.2) is 83.6 Å². The average Bonchev–Trinajstić information content (AvgIpc) is 3.93. The maximum atomic E-state index is 14.7. The van der Waals surface area contributed by atoms with Gasteiger partial charge in [-0.05, 0) is 66.8 Å². The molecule has 0 bridgehead atoms. The van der Waals surface area contributed by atoms with E-state index in [-0.39, 0.29) is 44.5 Å². The van der Waals surface area contributed by atoms with E-state index in [4.69, 9.17) is 25.9 Å². The fourth-order valence-corrected chi connectivity index (χ4v) is 8.44. The van der Waals surface area contributed by atoms with Crippen molar-refractivity contribution in [3.63, 3.8) is 0 Å². The summed E-state index contributed by atoms with van der Waals surface area (Å²) >= 11 is 6.29. The van der Waals surface area contributed by atoms with Crippen molar-refractivity contribution in [1.29, 1.82) is 0 Å². The first-order chi connectivity index (χ1) is 27.2. The Morgan fingerprint density at radius 2 is 1.77 bits per heavy atom. The molecule has 308 valence electrons. The quantitative estimate of drug-likeness (QED) is 0.195. The molecular weight excluding hydrogens is 750 g/mol. The van der Waals surface area contributed by atoms with Crippen LogP contribution in [0.1, 0.15) is 109 Å². The third-order valence-electron chi connectivity index (χ3n) is 11.4. The first kappa shape index (κ1) is 42.0. The van der Waals surface area contributed by atoms with Gasteiger partial charge in [-0.2, -0.15) is 0 Å². The standard InChI is InChI=1S/C43H56ClN5O8/c1-5-6-15-31(37(51)40(53)45-19-18-28-16-17-34-35(20-28)56-26-55-34)46-39(52)33-24-43(23-32(48-57-43)29-13-10-14-30(44)22-29)25-49(33)41(54)38(42(2,3)4)47-36(50)21-27-11-8-7-9-12-27/h10,13-14,16-17,20,22,27,31,33,38H,5-9,11-12,15,18-19,21,23-26H2,1-4H3,(H,45,53)(H,46,52)(H,47,50)/t31-,33-,38+,43+/m0/s1. The predicted octanol–water partition coefficient (Wildman–Crippen LogP) is 5.64. The van der Waals surface area contributed by atoms with Crippen LogP contribution >= 0.6 is 11.6 Å². The van der Waals surface area contributed by atoms with Crippen LogP contribution < -0.4 is 25.4 Å².